The average molecular weight is 391 g/mol. The monoisotopic (exact) mass is 390 g/mol. The number of anilines is 1. The van der Waals surface area contributed by atoms with Crippen LogP contribution in [0.25, 0.3) is 0 Å². The predicted molar refractivity (Wildman–Crippen MR) is 105 cm³/mol. The first-order chi connectivity index (χ1) is 12.5. The van der Waals surface area contributed by atoms with Gasteiger partial charge >= 0.3 is 0 Å². The smallest absolute Gasteiger partial charge is 0.253 e. The van der Waals surface area contributed by atoms with Crippen LogP contribution in [0.4, 0.5) is 5.69 Å². The van der Waals surface area contributed by atoms with E-state index < -0.39 is 0 Å². The SMILES string of the molecule is Cc1c(Cl)cccc1NC(=O)C1CCN(C(=O)c2ccc(Cl)cc2)CC1. The zero-order valence-corrected chi connectivity index (χ0v) is 16.0. The summed E-state index contributed by atoms with van der Waals surface area (Å²) in [5, 5.41) is 4.20. The average Bonchev–Trinajstić information content (AvgIpc) is 2.65. The summed E-state index contributed by atoms with van der Waals surface area (Å²) in [5.41, 5.74) is 2.21. The lowest BCUT2D eigenvalue weighted by molar-refractivity contribution is -0.121. The molecule has 0 bridgehead atoms. The van der Waals surface area contributed by atoms with E-state index in [2.05, 4.69) is 5.32 Å². The first-order valence-corrected chi connectivity index (χ1v) is 9.32. The zero-order valence-electron chi connectivity index (χ0n) is 14.5. The first kappa shape index (κ1) is 18.7. The van der Waals surface area contributed by atoms with Gasteiger partial charge in [0.15, 0.2) is 0 Å². The molecule has 0 aliphatic carbocycles. The highest BCUT2D eigenvalue weighted by Gasteiger charge is 2.28. The second kappa shape index (κ2) is 8.11. The third-order valence-corrected chi connectivity index (χ3v) is 5.43. The van der Waals surface area contributed by atoms with Gasteiger partial charge in [0.05, 0.1) is 0 Å². The third-order valence-electron chi connectivity index (χ3n) is 4.77. The fraction of sp³-hybridized carbons (Fsp3) is 0.300. The lowest BCUT2D eigenvalue weighted by atomic mass is 9.95. The largest absolute Gasteiger partial charge is 0.339 e. The number of benzene rings is 2. The Kier molecular flexibility index (Phi) is 5.84. The minimum atomic E-state index is -0.109. The van der Waals surface area contributed by atoms with Gasteiger partial charge in [-0.1, -0.05) is 29.3 Å². The fourth-order valence-corrected chi connectivity index (χ4v) is 3.40. The van der Waals surface area contributed by atoms with Crippen molar-refractivity contribution in [3.05, 3.63) is 63.6 Å². The fourth-order valence-electron chi connectivity index (χ4n) is 3.10. The molecule has 0 radical (unpaired) electrons. The van der Waals surface area contributed by atoms with E-state index in [1.165, 1.54) is 0 Å². The van der Waals surface area contributed by atoms with Crippen LogP contribution in [0.1, 0.15) is 28.8 Å². The summed E-state index contributed by atoms with van der Waals surface area (Å²) in [4.78, 5) is 26.9. The van der Waals surface area contributed by atoms with E-state index in [4.69, 9.17) is 23.2 Å². The lowest BCUT2D eigenvalue weighted by Gasteiger charge is -2.31. The Hall–Kier alpha value is -2.04. The van der Waals surface area contributed by atoms with Crippen molar-refractivity contribution < 1.29 is 9.59 Å². The number of nitrogens with one attached hydrogen (secondary N) is 1. The van der Waals surface area contributed by atoms with Gasteiger partial charge in [-0.2, -0.15) is 0 Å². The minimum Gasteiger partial charge on any atom is -0.339 e. The molecule has 2 aromatic rings. The first-order valence-electron chi connectivity index (χ1n) is 8.56. The molecule has 0 unspecified atom stereocenters. The van der Waals surface area contributed by atoms with E-state index in [1.54, 1.807) is 35.2 Å². The molecule has 1 saturated heterocycles. The van der Waals surface area contributed by atoms with Gasteiger partial charge in [0, 0.05) is 40.3 Å². The number of carbonyl (C=O) groups excluding carboxylic acids is 2. The van der Waals surface area contributed by atoms with Gasteiger partial charge in [-0.3, -0.25) is 9.59 Å². The molecular weight excluding hydrogens is 371 g/mol. The highest BCUT2D eigenvalue weighted by Crippen LogP contribution is 2.26. The molecule has 1 heterocycles. The van der Waals surface area contributed by atoms with Crippen molar-refractivity contribution in [2.75, 3.05) is 18.4 Å². The van der Waals surface area contributed by atoms with Crippen LogP contribution in [0, 0.1) is 12.8 Å². The van der Waals surface area contributed by atoms with E-state index in [-0.39, 0.29) is 17.7 Å². The topological polar surface area (TPSA) is 49.4 Å². The summed E-state index contributed by atoms with van der Waals surface area (Å²) in [6, 6.07) is 12.3. The van der Waals surface area contributed by atoms with Gasteiger partial charge in [-0.25, -0.2) is 0 Å². The van der Waals surface area contributed by atoms with Crippen molar-refractivity contribution in [1.29, 1.82) is 0 Å². The van der Waals surface area contributed by atoms with Gasteiger partial charge in [-0.05, 0) is 61.7 Å². The lowest BCUT2D eigenvalue weighted by Crippen LogP contribution is -2.41. The Bertz CT molecular complexity index is 813. The second-order valence-electron chi connectivity index (χ2n) is 6.48. The van der Waals surface area contributed by atoms with Gasteiger partial charge in [0.1, 0.15) is 0 Å². The summed E-state index contributed by atoms with van der Waals surface area (Å²) in [5.74, 6) is -0.150. The number of carbonyl (C=O) groups is 2. The number of likely N-dealkylation sites (tertiary alicyclic amines) is 1. The van der Waals surface area contributed by atoms with Crippen molar-refractivity contribution in [2.45, 2.75) is 19.8 Å². The number of piperidine rings is 1. The maximum atomic E-state index is 12.5. The zero-order chi connectivity index (χ0) is 18.7. The van der Waals surface area contributed by atoms with Crippen LogP contribution in [0.2, 0.25) is 10.0 Å². The molecule has 0 spiro atoms. The third kappa shape index (κ3) is 4.19. The maximum Gasteiger partial charge on any atom is 0.253 e. The van der Waals surface area contributed by atoms with E-state index in [0.29, 0.717) is 41.5 Å². The van der Waals surface area contributed by atoms with Crippen LogP contribution in [0.3, 0.4) is 0 Å². The number of amides is 2. The molecule has 136 valence electrons. The molecule has 1 N–H and O–H groups in total. The molecule has 3 rings (SSSR count). The van der Waals surface area contributed by atoms with Crippen LogP contribution in [-0.2, 0) is 4.79 Å². The predicted octanol–water partition coefficient (Wildman–Crippen LogP) is 4.79. The van der Waals surface area contributed by atoms with E-state index in [0.717, 1.165) is 11.3 Å². The Morgan fingerprint density at radius 1 is 1.04 bits per heavy atom. The van der Waals surface area contributed by atoms with Crippen LogP contribution in [0.15, 0.2) is 42.5 Å². The Balaban J connectivity index is 1.57. The standard InChI is InChI=1S/C20H20Cl2N2O2/c1-13-17(22)3-2-4-18(13)23-19(25)14-9-11-24(12-10-14)20(26)15-5-7-16(21)8-6-15/h2-8,14H,9-12H2,1H3,(H,23,25). The Morgan fingerprint density at radius 2 is 1.69 bits per heavy atom. The molecule has 1 fully saturated rings. The van der Waals surface area contributed by atoms with Crippen LogP contribution < -0.4 is 5.32 Å². The maximum absolute atomic E-state index is 12.5. The Labute approximate surface area is 163 Å². The summed E-state index contributed by atoms with van der Waals surface area (Å²) in [7, 11) is 0. The highest BCUT2D eigenvalue weighted by atomic mass is 35.5. The van der Waals surface area contributed by atoms with Crippen molar-refractivity contribution in [3.63, 3.8) is 0 Å². The van der Waals surface area contributed by atoms with Gasteiger partial charge in [0.25, 0.3) is 5.91 Å². The van der Waals surface area contributed by atoms with Crippen molar-refractivity contribution in [2.24, 2.45) is 5.92 Å². The van der Waals surface area contributed by atoms with E-state index in [9.17, 15) is 9.59 Å². The molecule has 0 atom stereocenters. The van der Waals surface area contributed by atoms with Crippen molar-refractivity contribution >= 4 is 40.7 Å². The van der Waals surface area contributed by atoms with Crippen molar-refractivity contribution in [3.8, 4) is 0 Å². The van der Waals surface area contributed by atoms with Gasteiger partial charge in [-0.15, -0.1) is 0 Å². The van der Waals surface area contributed by atoms with Crippen molar-refractivity contribution in [1.82, 2.24) is 4.90 Å². The summed E-state index contributed by atoms with van der Waals surface area (Å²) >= 11 is 12.0. The number of nitrogens with zero attached hydrogens (tertiary/aromatic N) is 1. The number of hydrogen-bond donors (Lipinski definition) is 1. The quantitative estimate of drug-likeness (QED) is 0.818. The molecule has 0 aromatic heterocycles. The van der Waals surface area contributed by atoms with Gasteiger partial charge in [0.2, 0.25) is 5.91 Å². The van der Waals surface area contributed by atoms with Crippen LogP contribution in [-0.4, -0.2) is 29.8 Å². The van der Waals surface area contributed by atoms with Gasteiger partial charge < -0.3 is 10.2 Å². The molecule has 1 aliphatic heterocycles. The van der Waals surface area contributed by atoms with E-state index in [1.807, 2.05) is 19.1 Å². The second-order valence-corrected chi connectivity index (χ2v) is 7.32. The van der Waals surface area contributed by atoms with E-state index >= 15 is 0 Å². The molecule has 0 saturated carbocycles. The molecule has 2 amide bonds. The van der Waals surface area contributed by atoms with Crippen LogP contribution in [0.5, 0.6) is 0 Å². The molecular formula is C20H20Cl2N2O2. The summed E-state index contributed by atoms with van der Waals surface area (Å²) < 4.78 is 0. The minimum absolute atomic E-state index is 0.0195. The number of halogens is 2. The molecule has 4 nitrogen and oxygen atoms in total. The van der Waals surface area contributed by atoms with Crippen LogP contribution >= 0.6 is 23.2 Å². The Morgan fingerprint density at radius 3 is 2.35 bits per heavy atom. The molecule has 1 aliphatic rings. The number of rotatable bonds is 3. The summed E-state index contributed by atoms with van der Waals surface area (Å²) in [6.07, 6.45) is 1.29. The molecule has 2 aromatic carbocycles. The normalized spacial score (nSPS) is 15.0. The molecule has 26 heavy (non-hydrogen) atoms. The molecule has 6 heteroatoms. The summed E-state index contributed by atoms with van der Waals surface area (Å²) in [6.45, 7) is 3.01. The number of hydrogen-bond acceptors (Lipinski definition) is 2. The highest BCUT2D eigenvalue weighted by molar-refractivity contribution is 6.31.